The number of nitrogens with one attached hydrogen (secondary N) is 1. The highest BCUT2D eigenvalue weighted by Gasteiger charge is 2.12. The van der Waals surface area contributed by atoms with Crippen LogP contribution >= 0.6 is 35.0 Å². The third-order valence-electron chi connectivity index (χ3n) is 4.09. The fourth-order valence-corrected chi connectivity index (χ4v) is 3.57. The maximum atomic E-state index is 14.5. The van der Waals surface area contributed by atoms with Gasteiger partial charge in [-0.15, -0.1) is 11.8 Å². The lowest BCUT2D eigenvalue weighted by molar-refractivity contribution is -0.139. The van der Waals surface area contributed by atoms with Crippen LogP contribution in [0.1, 0.15) is 17.3 Å². The molecule has 32 heavy (non-hydrogen) atoms. The van der Waals surface area contributed by atoms with Gasteiger partial charge < -0.3 is 14.8 Å². The fraction of sp³-hybridized carbons (Fsp3) is 0.130. The molecule has 0 unspecified atom stereocenters. The lowest BCUT2D eigenvalue weighted by atomic mass is 10.2. The maximum absolute atomic E-state index is 14.5. The van der Waals surface area contributed by atoms with Gasteiger partial charge >= 0.3 is 5.97 Å². The summed E-state index contributed by atoms with van der Waals surface area (Å²) in [5, 5.41) is 3.18. The highest BCUT2D eigenvalue weighted by atomic mass is 35.5. The Morgan fingerprint density at radius 3 is 2.41 bits per heavy atom. The summed E-state index contributed by atoms with van der Waals surface area (Å²) >= 11 is 13.1. The SMILES string of the molecule is CCOC(=O)CSc1ccc(Oc2ccc(NC(=O)c3ccc(Cl)c(Cl)c3)cc2F)cc1. The zero-order chi connectivity index (χ0) is 23.1. The van der Waals surface area contributed by atoms with Gasteiger partial charge in [-0.05, 0) is 61.5 Å². The summed E-state index contributed by atoms with van der Waals surface area (Å²) in [5.41, 5.74) is 0.553. The molecular formula is C23H18Cl2FNO4S. The van der Waals surface area contributed by atoms with Crippen LogP contribution in [0.25, 0.3) is 0 Å². The van der Waals surface area contributed by atoms with Crippen molar-refractivity contribution in [3.05, 3.63) is 82.1 Å². The summed E-state index contributed by atoms with van der Waals surface area (Å²) < 4.78 is 25.0. The monoisotopic (exact) mass is 493 g/mol. The van der Waals surface area contributed by atoms with E-state index in [9.17, 15) is 14.0 Å². The van der Waals surface area contributed by atoms with Crippen molar-refractivity contribution in [2.75, 3.05) is 17.7 Å². The molecule has 0 saturated carbocycles. The largest absolute Gasteiger partial charge is 0.465 e. The van der Waals surface area contributed by atoms with Gasteiger partial charge in [-0.2, -0.15) is 0 Å². The van der Waals surface area contributed by atoms with E-state index < -0.39 is 11.7 Å². The molecule has 0 atom stereocenters. The number of rotatable bonds is 8. The van der Waals surface area contributed by atoms with Crippen molar-refractivity contribution in [3.63, 3.8) is 0 Å². The smallest absolute Gasteiger partial charge is 0.316 e. The Morgan fingerprint density at radius 2 is 1.75 bits per heavy atom. The minimum Gasteiger partial charge on any atom is -0.465 e. The Kier molecular flexibility index (Phi) is 8.39. The second kappa shape index (κ2) is 11.2. The van der Waals surface area contributed by atoms with E-state index in [0.717, 1.165) is 11.0 Å². The third-order valence-corrected chi connectivity index (χ3v) is 5.81. The number of carbonyl (C=O) groups is 2. The van der Waals surface area contributed by atoms with Crippen LogP contribution in [0.3, 0.4) is 0 Å². The van der Waals surface area contributed by atoms with Crippen molar-refractivity contribution in [1.29, 1.82) is 0 Å². The summed E-state index contributed by atoms with van der Waals surface area (Å²) in [5.74, 6) is -0.740. The van der Waals surface area contributed by atoms with Gasteiger partial charge in [0.05, 0.1) is 22.4 Å². The van der Waals surface area contributed by atoms with Crippen LogP contribution in [-0.4, -0.2) is 24.2 Å². The van der Waals surface area contributed by atoms with Crippen molar-refractivity contribution in [1.82, 2.24) is 0 Å². The standard InChI is InChI=1S/C23H18Cl2FNO4S/c1-2-30-22(28)13-32-17-7-5-16(6-8-17)31-21-10-4-15(12-20(21)26)27-23(29)14-3-9-18(24)19(25)11-14/h3-12H,2,13H2,1H3,(H,27,29). The lowest BCUT2D eigenvalue weighted by Crippen LogP contribution is -2.12. The van der Waals surface area contributed by atoms with Gasteiger partial charge in [-0.1, -0.05) is 23.2 Å². The van der Waals surface area contributed by atoms with Crippen LogP contribution < -0.4 is 10.1 Å². The van der Waals surface area contributed by atoms with Crippen molar-refractivity contribution >= 4 is 52.5 Å². The third kappa shape index (κ3) is 6.63. The number of ether oxygens (including phenoxy) is 2. The van der Waals surface area contributed by atoms with E-state index in [1.165, 1.54) is 42.1 Å². The number of benzene rings is 3. The molecule has 1 amide bonds. The first kappa shape index (κ1) is 23.9. The number of halogens is 3. The molecule has 166 valence electrons. The van der Waals surface area contributed by atoms with Crippen molar-refractivity contribution in [2.24, 2.45) is 0 Å². The molecule has 0 aromatic heterocycles. The van der Waals surface area contributed by atoms with Gasteiger partial charge in [-0.25, -0.2) is 4.39 Å². The van der Waals surface area contributed by atoms with Gasteiger partial charge in [0.25, 0.3) is 5.91 Å². The van der Waals surface area contributed by atoms with Crippen LogP contribution in [-0.2, 0) is 9.53 Å². The van der Waals surface area contributed by atoms with E-state index in [0.29, 0.717) is 22.9 Å². The predicted octanol–water partition coefficient (Wildman–Crippen LogP) is 6.83. The average Bonchev–Trinajstić information content (AvgIpc) is 2.77. The average molecular weight is 494 g/mol. The predicted molar refractivity (Wildman–Crippen MR) is 125 cm³/mol. The highest BCUT2D eigenvalue weighted by Crippen LogP contribution is 2.29. The second-order valence-electron chi connectivity index (χ2n) is 6.40. The number of thioether (sulfide) groups is 1. The Balaban J connectivity index is 1.60. The highest BCUT2D eigenvalue weighted by molar-refractivity contribution is 8.00. The molecule has 3 aromatic rings. The van der Waals surface area contributed by atoms with Crippen LogP contribution in [0.15, 0.2) is 65.6 Å². The van der Waals surface area contributed by atoms with Gasteiger partial charge in [0.2, 0.25) is 0 Å². The first-order valence-electron chi connectivity index (χ1n) is 9.48. The molecule has 3 aromatic carbocycles. The molecule has 0 aliphatic rings. The Hall–Kier alpha value is -2.74. The summed E-state index contributed by atoms with van der Waals surface area (Å²) in [7, 11) is 0. The van der Waals surface area contributed by atoms with Crippen LogP contribution in [0.4, 0.5) is 10.1 Å². The van der Waals surface area contributed by atoms with Crippen molar-refractivity contribution < 1.29 is 23.5 Å². The van der Waals surface area contributed by atoms with E-state index >= 15 is 0 Å². The number of hydrogen-bond acceptors (Lipinski definition) is 5. The molecule has 0 radical (unpaired) electrons. The maximum Gasteiger partial charge on any atom is 0.316 e. The topological polar surface area (TPSA) is 64.6 Å². The summed E-state index contributed by atoms with van der Waals surface area (Å²) in [4.78, 5) is 24.6. The van der Waals surface area contributed by atoms with Crippen LogP contribution in [0, 0.1) is 5.82 Å². The Bertz CT molecular complexity index is 1130. The molecule has 3 rings (SSSR count). The Morgan fingerprint density at radius 1 is 1.00 bits per heavy atom. The minimum atomic E-state index is -0.641. The van der Waals surface area contributed by atoms with E-state index in [1.54, 1.807) is 31.2 Å². The molecule has 0 aliphatic carbocycles. The van der Waals surface area contributed by atoms with Crippen molar-refractivity contribution in [3.8, 4) is 11.5 Å². The molecular weight excluding hydrogens is 476 g/mol. The van der Waals surface area contributed by atoms with Gasteiger partial charge in [0.15, 0.2) is 11.6 Å². The van der Waals surface area contributed by atoms with Crippen LogP contribution in [0.2, 0.25) is 10.0 Å². The summed E-state index contributed by atoms with van der Waals surface area (Å²) in [6.45, 7) is 2.10. The van der Waals surface area contributed by atoms with Gasteiger partial charge in [0, 0.05) is 22.2 Å². The van der Waals surface area contributed by atoms with E-state index in [1.807, 2.05) is 0 Å². The number of hydrogen-bond donors (Lipinski definition) is 1. The number of anilines is 1. The summed E-state index contributed by atoms with van der Waals surface area (Å²) in [6.07, 6.45) is 0. The second-order valence-corrected chi connectivity index (χ2v) is 8.26. The summed E-state index contributed by atoms with van der Waals surface area (Å²) in [6, 6.07) is 15.4. The number of carbonyl (C=O) groups excluding carboxylic acids is 2. The van der Waals surface area contributed by atoms with Crippen LogP contribution in [0.5, 0.6) is 11.5 Å². The Labute approximate surface area is 198 Å². The van der Waals surface area contributed by atoms with Gasteiger partial charge in [-0.3, -0.25) is 9.59 Å². The molecule has 1 N–H and O–H groups in total. The molecule has 0 spiro atoms. The number of amides is 1. The zero-order valence-corrected chi connectivity index (χ0v) is 19.2. The normalized spacial score (nSPS) is 10.5. The molecule has 0 fully saturated rings. The fourth-order valence-electron chi connectivity index (χ4n) is 2.58. The molecule has 0 bridgehead atoms. The van der Waals surface area contributed by atoms with E-state index in [2.05, 4.69) is 5.32 Å². The number of esters is 1. The first-order valence-corrected chi connectivity index (χ1v) is 11.2. The van der Waals surface area contributed by atoms with Gasteiger partial charge in [0.1, 0.15) is 5.75 Å². The molecule has 0 saturated heterocycles. The quantitative estimate of drug-likeness (QED) is 0.275. The van der Waals surface area contributed by atoms with E-state index in [4.69, 9.17) is 32.7 Å². The first-order chi connectivity index (χ1) is 15.4. The minimum absolute atomic E-state index is 0.00413. The van der Waals surface area contributed by atoms with Crippen molar-refractivity contribution in [2.45, 2.75) is 11.8 Å². The molecule has 0 aliphatic heterocycles. The molecule has 0 heterocycles. The zero-order valence-electron chi connectivity index (χ0n) is 16.9. The van der Waals surface area contributed by atoms with E-state index in [-0.39, 0.29) is 28.2 Å². The molecule has 9 heteroatoms. The lowest BCUT2D eigenvalue weighted by Gasteiger charge is -2.10. The molecule has 5 nitrogen and oxygen atoms in total.